The van der Waals surface area contributed by atoms with Crippen molar-refractivity contribution < 1.29 is 9.59 Å². The molecule has 0 aliphatic heterocycles. The van der Waals surface area contributed by atoms with Gasteiger partial charge in [0, 0.05) is 6.92 Å². The van der Waals surface area contributed by atoms with E-state index in [1.54, 1.807) is 0 Å². The summed E-state index contributed by atoms with van der Waals surface area (Å²) < 4.78 is 0. The fourth-order valence-electron chi connectivity index (χ4n) is 0.917. The van der Waals surface area contributed by atoms with Gasteiger partial charge in [0.2, 0.25) is 5.91 Å². The van der Waals surface area contributed by atoms with Crippen molar-refractivity contribution in [2.75, 3.05) is 0 Å². The first-order chi connectivity index (χ1) is 5.06. The lowest BCUT2D eigenvalue weighted by atomic mass is 10.1. The number of carbonyl (C=O) groups excluding carboxylic acids is 2. The molecule has 0 radical (unpaired) electrons. The van der Waals surface area contributed by atoms with Crippen molar-refractivity contribution in [3.8, 4) is 0 Å². The molecule has 0 aliphatic carbocycles. The SMILES string of the molecule is CC(=O)N[C@H](C=O)CC(C)C. The Morgan fingerprint density at radius 3 is 2.36 bits per heavy atom. The van der Waals surface area contributed by atoms with Gasteiger partial charge in [-0.15, -0.1) is 0 Å². The van der Waals surface area contributed by atoms with Crippen molar-refractivity contribution in [3.63, 3.8) is 0 Å². The van der Waals surface area contributed by atoms with E-state index in [9.17, 15) is 9.59 Å². The molecule has 3 nitrogen and oxygen atoms in total. The van der Waals surface area contributed by atoms with Gasteiger partial charge in [0.15, 0.2) is 0 Å². The van der Waals surface area contributed by atoms with Crippen molar-refractivity contribution >= 4 is 12.2 Å². The average Bonchev–Trinajstić information content (AvgIpc) is 1.84. The quantitative estimate of drug-likeness (QED) is 0.612. The van der Waals surface area contributed by atoms with E-state index in [1.807, 2.05) is 13.8 Å². The molecule has 0 saturated heterocycles. The first kappa shape index (κ1) is 10.1. The van der Waals surface area contributed by atoms with Crippen LogP contribution in [0.3, 0.4) is 0 Å². The van der Waals surface area contributed by atoms with Gasteiger partial charge in [0.25, 0.3) is 0 Å². The van der Waals surface area contributed by atoms with Crippen LogP contribution in [0, 0.1) is 5.92 Å². The Morgan fingerprint density at radius 1 is 1.55 bits per heavy atom. The van der Waals surface area contributed by atoms with Crippen molar-refractivity contribution in [1.29, 1.82) is 0 Å². The van der Waals surface area contributed by atoms with Crippen molar-refractivity contribution in [3.05, 3.63) is 0 Å². The molecule has 0 fully saturated rings. The second-order valence-electron chi connectivity index (χ2n) is 3.07. The van der Waals surface area contributed by atoms with E-state index in [0.29, 0.717) is 12.3 Å². The summed E-state index contributed by atoms with van der Waals surface area (Å²) in [5.74, 6) is 0.278. The van der Waals surface area contributed by atoms with Crippen LogP contribution in [0.5, 0.6) is 0 Å². The van der Waals surface area contributed by atoms with E-state index >= 15 is 0 Å². The highest BCUT2D eigenvalue weighted by Crippen LogP contribution is 2.02. The topological polar surface area (TPSA) is 46.2 Å². The summed E-state index contributed by atoms with van der Waals surface area (Å²) in [6.45, 7) is 5.44. The van der Waals surface area contributed by atoms with Crippen LogP contribution in [0.25, 0.3) is 0 Å². The third-order valence-electron chi connectivity index (χ3n) is 1.28. The molecule has 0 rings (SSSR count). The first-order valence-corrected chi connectivity index (χ1v) is 3.78. The highest BCUT2D eigenvalue weighted by Gasteiger charge is 2.09. The monoisotopic (exact) mass is 157 g/mol. The lowest BCUT2D eigenvalue weighted by Crippen LogP contribution is -2.35. The summed E-state index contributed by atoms with van der Waals surface area (Å²) in [5.41, 5.74) is 0. The zero-order chi connectivity index (χ0) is 8.85. The molecular formula is C8H15NO2. The fourth-order valence-corrected chi connectivity index (χ4v) is 0.917. The summed E-state index contributed by atoms with van der Waals surface area (Å²) in [6.07, 6.45) is 1.49. The van der Waals surface area contributed by atoms with Gasteiger partial charge in [0.05, 0.1) is 6.04 Å². The van der Waals surface area contributed by atoms with E-state index in [4.69, 9.17) is 0 Å². The number of nitrogens with one attached hydrogen (secondary N) is 1. The van der Waals surface area contributed by atoms with E-state index in [2.05, 4.69) is 5.32 Å². The highest BCUT2D eigenvalue weighted by molar-refractivity contribution is 5.77. The number of rotatable bonds is 4. The molecule has 0 saturated carbocycles. The molecule has 1 atom stereocenters. The van der Waals surface area contributed by atoms with E-state index in [0.717, 1.165) is 6.29 Å². The van der Waals surface area contributed by atoms with Gasteiger partial charge in [-0.3, -0.25) is 4.79 Å². The number of aldehydes is 1. The number of hydrogen-bond donors (Lipinski definition) is 1. The Morgan fingerprint density at radius 2 is 2.09 bits per heavy atom. The Bertz CT molecular complexity index is 143. The number of hydrogen-bond acceptors (Lipinski definition) is 2. The largest absolute Gasteiger partial charge is 0.347 e. The van der Waals surface area contributed by atoms with Crippen molar-refractivity contribution in [1.82, 2.24) is 5.32 Å². The zero-order valence-corrected chi connectivity index (χ0v) is 7.26. The van der Waals surface area contributed by atoms with E-state index < -0.39 is 0 Å². The Labute approximate surface area is 67.2 Å². The van der Waals surface area contributed by atoms with Crippen LogP contribution >= 0.6 is 0 Å². The summed E-state index contributed by atoms with van der Waals surface area (Å²) in [7, 11) is 0. The lowest BCUT2D eigenvalue weighted by molar-refractivity contribution is -0.122. The lowest BCUT2D eigenvalue weighted by Gasteiger charge is -2.12. The minimum absolute atomic E-state index is 0.150. The fraction of sp³-hybridized carbons (Fsp3) is 0.750. The molecule has 0 spiro atoms. The van der Waals surface area contributed by atoms with Crippen LogP contribution < -0.4 is 5.32 Å². The zero-order valence-electron chi connectivity index (χ0n) is 7.26. The van der Waals surface area contributed by atoms with Crippen LogP contribution in [-0.4, -0.2) is 18.2 Å². The summed E-state index contributed by atoms with van der Waals surface area (Å²) in [6, 6.07) is -0.313. The van der Waals surface area contributed by atoms with E-state index in [-0.39, 0.29) is 11.9 Å². The van der Waals surface area contributed by atoms with Crippen molar-refractivity contribution in [2.24, 2.45) is 5.92 Å². The van der Waals surface area contributed by atoms with Crippen LogP contribution in [0.1, 0.15) is 27.2 Å². The van der Waals surface area contributed by atoms with Crippen LogP contribution in [-0.2, 0) is 9.59 Å². The molecule has 1 N–H and O–H groups in total. The van der Waals surface area contributed by atoms with Crippen LogP contribution in [0.2, 0.25) is 0 Å². The maximum Gasteiger partial charge on any atom is 0.217 e. The predicted molar refractivity (Wildman–Crippen MR) is 43.1 cm³/mol. The minimum Gasteiger partial charge on any atom is -0.347 e. The molecule has 0 aromatic rings. The smallest absolute Gasteiger partial charge is 0.217 e. The molecule has 1 amide bonds. The molecule has 0 heterocycles. The minimum atomic E-state index is -0.313. The third kappa shape index (κ3) is 5.58. The predicted octanol–water partition coefficient (Wildman–Crippen LogP) is 0.736. The number of carbonyl (C=O) groups is 2. The molecule has 64 valence electrons. The Kier molecular flexibility index (Phi) is 4.50. The molecule has 3 heteroatoms. The number of amides is 1. The molecule has 0 aliphatic rings. The molecule has 0 aromatic carbocycles. The maximum atomic E-state index is 10.5. The normalized spacial score (nSPS) is 12.7. The second-order valence-corrected chi connectivity index (χ2v) is 3.07. The molecule has 0 bridgehead atoms. The van der Waals surface area contributed by atoms with Gasteiger partial charge in [-0.25, -0.2) is 0 Å². The molecular weight excluding hydrogens is 142 g/mol. The maximum absolute atomic E-state index is 10.5. The van der Waals surface area contributed by atoms with Gasteiger partial charge in [-0.1, -0.05) is 13.8 Å². The summed E-state index contributed by atoms with van der Waals surface area (Å²) in [4.78, 5) is 20.9. The standard InChI is InChI=1S/C8H15NO2/c1-6(2)4-8(5-10)9-7(3)11/h5-6,8H,4H2,1-3H3,(H,9,11)/t8-/m0/s1. The Hall–Kier alpha value is -0.860. The van der Waals surface area contributed by atoms with Gasteiger partial charge in [0.1, 0.15) is 6.29 Å². The molecule has 11 heavy (non-hydrogen) atoms. The Balaban J connectivity index is 3.76. The molecule has 0 unspecified atom stereocenters. The summed E-state index contributed by atoms with van der Waals surface area (Å²) >= 11 is 0. The van der Waals surface area contributed by atoms with Gasteiger partial charge >= 0.3 is 0 Å². The summed E-state index contributed by atoms with van der Waals surface area (Å²) in [5, 5.41) is 2.55. The van der Waals surface area contributed by atoms with Gasteiger partial charge in [-0.2, -0.15) is 0 Å². The van der Waals surface area contributed by atoms with Crippen molar-refractivity contribution in [2.45, 2.75) is 33.2 Å². The van der Waals surface area contributed by atoms with E-state index in [1.165, 1.54) is 6.92 Å². The average molecular weight is 157 g/mol. The third-order valence-corrected chi connectivity index (χ3v) is 1.28. The first-order valence-electron chi connectivity index (χ1n) is 3.78. The highest BCUT2D eigenvalue weighted by atomic mass is 16.2. The van der Waals surface area contributed by atoms with Gasteiger partial charge in [-0.05, 0) is 12.3 Å². The molecule has 0 aromatic heterocycles. The van der Waals surface area contributed by atoms with Crippen LogP contribution in [0.4, 0.5) is 0 Å². The van der Waals surface area contributed by atoms with Crippen LogP contribution in [0.15, 0.2) is 0 Å². The van der Waals surface area contributed by atoms with Gasteiger partial charge < -0.3 is 10.1 Å². The second kappa shape index (κ2) is 4.88.